The lowest BCUT2D eigenvalue weighted by molar-refractivity contribution is -0.138. The van der Waals surface area contributed by atoms with Crippen molar-refractivity contribution in [3.05, 3.63) is 107 Å². The Kier molecular flexibility index (Phi) is 6.91. The highest BCUT2D eigenvalue weighted by Gasteiger charge is 2.30. The lowest BCUT2D eigenvalue weighted by Gasteiger charge is -2.14. The van der Waals surface area contributed by atoms with Gasteiger partial charge in [-0.1, -0.05) is 42.5 Å². The largest absolute Gasteiger partial charge is 0.489 e. The predicted molar refractivity (Wildman–Crippen MR) is 125 cm³/mol. The van der Waals surface area contributed by atoms with E-state index in [2.05, 4.69) is 5.10 Å². The molecule has 1 unspecified atom stereocenters. The number of carbonyl (C=O) groups is 1. The summed E-state index contributed by atoms with van der Waals surface area (Å²) in [6.07, 6.45) is -2.66. The van der Waals surface area contributed by atoms with E-state index in [0.29, 0.717) is 17.0 Å². The quantitative estimate of drug-likeness (QED) is 0.322. The first kappa shape index (κ1) is 24.1. The molecule has 1 N–H and O–H groups in total. The van der Waals surface area contributed by atoms with Crippen molar-refractivity contribution in [3.8, 4) is 16.9 Å². The Balaban J connectivity index is 1.44. The molecule has 0 aliphatic rings. The third-order valence-corrected chi connectivity index (χ3v) is 5.63. The van der Waals surface area contributed by atoms with Crippen LogP contribution in [0.2, 0.25) is 0 Å². The van der Waals surface area contributed by atoms with Gasteiger partial charge >= 0.3 is 12.1 Å². The molecular weight excluding hydrogens is 457 g/mol. The van der Waals surface area contributed by atoms with Crippen LogP contribution in [0, 0.1) is 0 Å². The number of nitrogens with zero attached hydrogens (tertiary/aromatic N) is 2. The van der Waals surface area contributed by atoms with Crippen LogP contribution in [0.4, 0.5) is 13.2 Å². The number of aliphatic carboxylic acids is 1. The standard InChI is InChI=1S/C27H23F3N2O3/c1-32-14-13-25(31-32)24(16-26(33)34)20-7-11-23(12-8-20)35-17-18-3-2-4-21(15-18)19-5-9-22(10-6-19)27(28,29)30/h2-15,24H,16-17H2,1H3,(H,33,34). The minimum atomic E-state index is -4.37. The fourth-order valence-corrected chi connectivity index (χ4v) is 3.84. The second-order valence-electron chi connectivity index (χ2n) is 8.20. The molecule has 3 aromatic carbocycles. The molecule has 1 heterocycles. The van der Waals surface area contributed by atoms with Gasteiger partial charge in [0.15, 0.2) is 0 Å². The Morgan fingerprint density at radius 2 is 1.71 bits per heavy atom. The van der Waals surface area contributed by atoms with E-state index in [1.807, 2.05) is 42.5 Å². The molecule has 0 aliphatic heterocycles. The molecule has 1 atom stereocenters. The number of halogens is 3. The Labute approximate surface area is 200 Å². The number of aryl methyl sites for hydroxylation is 1. The van der Waals surface area contributed by atoms with E-state index in [-0.39, 0.29) is 18.9 Å². The Hall–Kier alpha value is -4.07. The van der Waals surface area contributed by atoms with Gasteiger partial charge in [-0.25, -0.2) is 0 Å². The van der Waals surface area contributed by atoms with Gasteiger partial charge in [-0.15, -0.1) is 0 Å². The first-order chi connectivity index (χ1) is 16.7. The number of rotatable bonds is 8. The van der Waals surface area contributed by atoms with E-state index < -0.39 is 17.7 Å². The summed E-state index contributed by atoms with van der Waals surface area (Å²) >= 11 is 0. The summed E-state index contributed by atoms with van der Waals surface area (Å²) in [5.41, 5.74) is 3.16. The maximum Gasteiger partial charge on any atom is 0.416 e. The first-order valence-electron chi connectivity index (χ1n) is 10.9. The monoisotopic (exact) mass is 480 g/mol. The number of benzene rings is 3. The highest BCUT2D eigenvalue weighted by Crippen LogP contribution is 2.32. The van der Waals surface area contributed by atoms with E-state index in [9.17, 15) is 23.1 Å². The molecule has 0 amide bonds. The fourth-order valence-electron chi connectivity index (χ4n) is 3.84. The zero-order valence-electron chi connectivity index (χ0n) is 18.9. The van der Waals surface area contributed by atoms with E-state index in [1.54, 1.807) is 30.1 Å². The topological polar surface area (TPSA) is 64.4 Å². The Morgan fingerprint density at radius 3 is 2.31 bits per heavy atom. The van der Waals surface area contributed by atoms with Crippen LogP contribution in [0.25, 0.3) is 11.1 Å². The number of ether oxygens (including phenoxy) is 1. The molecular formula is C27H23F3N2O3. The van der Waals surface area contributed by atoms with Crippen LogP contribution < -0.4 is 4.74 Å². The van der Waals surface area contributed by atoms with E-state index in [0.717, 1.165) is 28.8 Å². The molecule has 5 nitrogen and oxygen atoms in total. The summed E-state index contributed by atoms with van der Waals surface area (Å²) < 4.78 is 46.0. The third-order valence-electron chi connectivity index (χ3n) is 5.63. The van der Waals surface area contributed by atoms with E-state index >= 15 is 0 Å². The molecule has 1 aromatic heterocycles. The molecule has 180 valence electrons. The van der Waals surface area contributed by atoms with Gasteiger partial charge in [0.05, 0.1) is 17.7 Å². The van der Waals surface area contributed by atoms with Crippen molar-refractivity contribution in [2.45, 2.75) is 25.1 Å². The maximum absolute atomic E-state index is 12.8. The average Bonchev–Trinajstić information content (AvgIpc) is 3.27. The van der Waals surface area contributed by atoms with Gasteiger partial charge in [-0.3, -0.25) is 9.48 Å². The third kappa shape index (κ3) is 6.09. The van der Waals surface area contributed by atoms with Crippen molar-refractivity contribution < 1.29 is 27.8 Å². The summed E-state index contributed by atoms with van der Waals surface area (Å²) in [4.78, 5) is 11.4. The van der Waals surface area contributed by atoms with Gasteiger partial charge in [0.2, 0.25) is 0 Å². The molecule has 0 saturated carbocycles. The van der Waals surface area contributed by atoms with Gasteiger partial charge in [0.1, 0.15) is 12.4 Å². The van der Waals surface area contributed by atoms with Crippen LogP contribution in [-0.2, 0) is 24.6 Å². The van der Waals surface area contributed by atoms with Crippen molar-refractivity contribution in [3.63, 3.8) is 0 Å². The van der Waals surface area contributed by atoms with Crippen molar-refractivity contribution >= 4 is 5.97 Å². The summed E-state index contributed by atoms with van der Waals surface area (Å²) in [6.45, 7) is 0.270. The molecule has 0 fully saturated rings. The fraction of sp³-hybridized carbons (Fsp3) is 0.185. The predicted octanol–water partition coefficient (Wildman–Crippen LogP) is 6.29. The van der Waals surface area contributed by atoms with Crippen LogP contribution in [0.15, 0.2) is 85.1 Å². The second-order valence-corrected chi connectivity index (χ2v) is 8.20. The minimum Gasteiger partial charge on any atom is -0.489 e. The molecule has 0 saturated heterocycles. The number of hydrogen-bond acceptors (Lipinski definition) is 3. The van der Waals surface area contributed by atoms with Crippen molar-refractivity contribution in [1.82, 2.24) is 9.78 Å². The summed E-state index contributed by atoms with van der Waals surface area (Å²) in [7, 11) is 1.78. The average molecular weight is 480 g/mol. The van der Waals surface area contributed by atoms with Crippen LogP contribution in [0.5, 0.6) is 5.75 Å². The molecule has 0 radical (unpaired) electrons. The van der Waals surface area contributed by atoms with Crippen LogP contribution >= 0.6 is 0 Å². The van der Waals surface area contributed by atoms with Gasteiger partial charge in [-0.2, -0.15) is 18.3 Å². The normalized spacial score (nSPS) is 12.3. The van der Waals surface area contributed by atoms with Crippen LogP contribution in [0.3, 0.4) is 0 Å². The van der Waals surface area contributed by atoms with Gasteiger partial charge in [0, 0.05) is 19.2 Å². The Morgan fingerprint density at radius 1 is 1.00 bits per heavy atom. The zero-order valence-corrected chi connectivity index (χ0v) is 18.9. The molecule has 4 aromatic rings. The van der Waals surface area contributed by atoms with Crippen LogP contribution in [0.1, 0.15) is 34.7 Å². The van der Waals surface area contributed by atoms with Crippen molar-refractivity contribution in [1.29, 1.82) is 0 Å². The number of alkyl halides is 3. The maximum atomic E-state index is 12.8. The van der Waals surface area contributed by atoms with Crippen molar-refractivity contribution in [2.75, 3.05) is 0 Å². The van der Waals surface area contributed by atoms with Crippen LogP contribution in [-0.4, -0.2) is 20.9 Å². The van der Waals surface area contributed by atoms with Gasteiger partial charge < -0.3 is 9.84 Å². The highest BCUT2D eigenvalue weighted by molar-refractivity contribution is 5.69. The number of hydrogen-bond donors (Lipinski definition) is 1. The number of aromatic nitrogens is 2. The summed E-state index contributed by atoms with van der Waals surface area (Å²) in [5.74, 6) is -0.666. The Bertz CT molecular complexity index is 1300. The molecule has 8 heteroatoms. The number of carboxylic acid groups (broad SMARTS) is 1. The smallest absolute Gasteiger partial charge is 0.416 e. The second kappa shape index (κ2) is 10.0. The molecule has 0 aliphatic carbocycles. The van der Waals surface area contributed by atoms with Gasteiger partial charge in [0.25, 0.3) is 0 Å². The highest BCUT2D eigenvalue weighted by atomic mass is 19.4. The summed E-state index contributed by atoms with van der Waals surface area (Å²) in [5, 5.41) is 13.7. The minimum absolute atomic E-state index is 0.0754. The SMILES string of the molecule is Cn1ccc(C(CC(=O)O)c2ccc(OCc3cccc(-c4ccc(C(F)(F)F)cc4)c3)cc2)n1. The molecule has 0 spiro atoms. The number of carboxylic acids is 1. The van der Waals surface area contributed by atoms with E-state index in [1.165, 1.54) is 12.1 Å². The first-order valence-corrected chi connectivity index (χ1v) is 10.9. The lowest BCUT2D eigenvalue weighted by atomic mass is 9.92. The van der Waals surface area contributed by atoms with E-state index in [4.69, 9.17) is 4.74 Å². The molecule has 0 bridgehead atoms. The van der Waals surface area contributed by atoms with Crippen molar-refractivity contribution in [2.24, 2.45) is 7.05 Å². The summed E-state index contributed by atoms with van der Waals surface area (Å²) in [6, 6.07) is 21.5. The zero-order chi connectivity index (χ0) is 25.0. The molecule has 35 heavy (non-hydrogen) atoms. The van der Waals surface area contributed by atoms with Gasteiger partial charge in [-0.05, 0) is 58.7 Å². The lowest BCUT2D eigenvalue weighted by Crippen LogP contribution is -2.09. The molecule has 4 rings (SSSR count).